The number of hydrogen-bond donors (Lipinski definition) is 0. The van der Waals surface area contributed by atoms with Crippen molar-refractivity contribution in [1.82, 2.24) is 4.57 Å². The number of hydrogen-bond acceptors (Lipinski definition) is 4. The molecule has 0 saturated carbocycles. The molecule has 1 heterocycles. The van der Waals surface area contributed by atoms with Crippen LogP contribution < -0.4 is 5.43 Å². The molecule has 152 valence electrons. The van der Waals surface area contributed by atoms with Crippen LogP contribution in [-0.2, 0) is 22.1 Å². The number of carbonyl (C=O) groups is 1. The predicted octanol–water partition coefficient (Wildman–Crippen LogP) is 3.88. The molecule has 0 aliphatic rings. The van der Waals surface area contributed by atoms with Crippen molar-refractivity contribution in [2.45, 2.75) is 25.3 Å². The molecule has 3 rings (SSSR count). The number of aromatic nitrogens is 1. The second kappa shape index (κ2) is 8.24. The minimum Gasteiger partial charge on any atom is -0.462 e. The fraction of sp³-hybridized carbons (Fsp3) is 0.238. The molecular weight excluding hydrogens is 400 g/mol. The Morgan fingerprint density at radius 3 is 2.38 bits per heavy atom. The van der Waals surface area contributed by atoms with Gasteiger partial charge < -0.3 is 9.30 Å². The van der Waals surface area contributed by atoms with Crippen molar-refractivity contribution >= 4 is 27.7 Å². The fourth-order valence-corrected chi connectivity index (χ4v) is 3.69. The molecule has 0 N–H and O–H groups in total. The highest BCUT2D eigenvalue weighted by atomic mass is 32.2. The predicted molar refractivity (Wildman–Crippen MR) is 108 cm³/mol. The van der Waals surface area contributed by atoms with Crippen molar-refractivity contribution in [2.24, 2.45) is 0 Å². The smallest absolute Gasteiger partial charge is 0.343 e. The highest BCUT2D eigenvalue weighted by Crippen LogP contribution is 2.31. The van der Waals surface area contributed by atoms with Crippen LogP contribution >= 0.6 is 0 Å². The quantitative estimate of drug-likeness (QED) is 0.589. The van der Waals surface area contributed by atoms with E-state index in [9.17, 15) is 18.2 Å². The molecule has 0 aliphatic carbocycles. The largest absolute Gasteiger partial charge is 0.462 e. The minimum atomic E-state index is -1.22. The Bertz CT molecular complexity index is 1190. The van der Waals surface area contributed by atoms with Crippen LogP contribution in [0.2, 0.25) is 0 Å². The normalized spacial score (nSPS) is 12.2. The molecule has 0 aliphatic heterocycles. The van der Waals surface area contributed by atoms with E-state index in [-0.39, 0.29) is 40.7 Å². The van der Waals surface area contributed by atoms with Crippen molar-refractivity contribution in [1.29, 1.82) is 0 Å². The van der Waals surface area contributed by atoms with E-state index in [0.29, 0.717) is 4.90 Å². The van der Waals surface area contributed by atoms with Crippen molar-refractivity contribution in [3.8, 4) is 11.1 Å². The number of nitrogens with zero attached hydrogens (tertiary/aromatic N) is 1. The van der Waals surface area contributed by atoms with Crippen LogP contribution in [0.5, 0.6) is 0 Å². The second-order valence-electron chi connectivity index (χ2n) is 6.30. The fourth-order valence-electron chi connectivity index (χ4n) is 3.17. The first kappa shape index (κ1) is 20.9. The molecule has 0 spiro atoms. The highest BCUT2D eigenvalue weighted by Gasteiger charge is 2.23. The zero-order chi connectivity index (χ0) is 21.3. The number of benzene rings is 2. The molecule has 5 nitrogen and oxygen atoms in total. The molecular formula is C21H19F2NO4S. The molecule has 0 amide bonds. The third-order valence-corrected chi connectivity index (χ3v) is 5.50. The topological polar surface area (TPSA) is 65.4 Å². The summed E-state index contributed by atoms with van der Waals surface area (Å²) >= 11 is 0. The number of halogens is 2. The number of ether oxygens (including phenoxy) is 1. The van der Waals surface area contributed by atoms with E-state index in [4.69, 9.17) is 4.74 Å². The van der Waals surface area contributed by atoms with E-state index < -0.39 is 33.8 Å². The molecule has 1 atom stereocenters. The lowest BCUT2D eigenvalue weighted by atomic mass is 10.0. The summed E-state index contributed by atoms with van der Waals surface area (Å²) in [5, 5.41) is -0.234. The lowest BCUT2D eigenvalue weighted by Crippen LogP contribution is -2.21. The molecule has 8 heteroatoms. The summed E-state index contributed by atoms with van der Waals surface area (Å²) in [6.45, 7) is 3.64. The van der Waals surface area contributed by atoms with Crippen LogP contribution in [0.4, 0.5) is 8.78 Å². The molecule has 0 bridgehead atoms. The van der Waals surface area contributed by atoms with Gasteiger partial charge in [-0.1, -0.05) is 12.1 Å². The number of pyridine rings is 1. The number of rotatable bonds is 5. The lowest BCUT2D eigenvalue weighted by molar-refractivity contribution is 0.0524. The summed E-state index contributed by atoms with van der Waals surface area (Å²) in [7, 11) is -1.22. The van der Waals surface area contributed by atoms with Crippen molar-refractivity contribution in [3.63, 3.8) is 0 Å². The van der Waals surface area contributed by atoms with Crippen LogP contribution in [0.3, 0.4) is 0 Å². The van der Waals surface area contributed by atoms with E-state index >= 15 is 4.39 Å². The van der Waals surface area contributed by atoms with Gasteiger partial charge in [0.1, 0.15) is 11.4 Å². The van der Waals surface area contributed by atoms with Gasteiger partial charge in [0.2, 0.25) is 5.43 Å². The van der Waals surface area contributed by atoms with Gasteiger partial charge in [0.05, 0.1) is 23.1 Å². The van der Waals surface area contributed by atoms with Gasteiger partial charge in [0, 0.05) is 34.7 Å². The molecule has 0 saturated heterocycles. The van der Waals surface area contributed by atoms with Crippen LogP contribution in [-0.4, -0.2) is 27.6 Å². The third-order valence-electron chi connectivity index (χ3n) is 4.56. The van der Waals surface area contributed by atoms with Crippen molar-refractivity contribution < 1.29 is 22.5 Å². The Balaban J connectivity index is 2.31. The summed E-state index contributed by atoms with van der Waals surface area (Å²) in [6.07, 6.45) is 2.74. The van der Waals surface area contributed by atoms with E-state index in [0.717, 1.165) is 6.07 Å². The number of esters is 1. The Morgan fingerprint density at radius 1 is 1.17 bits per heavy atom. The summed E-state index contributed by atoms with van der Waals surface area (Å²) in [5.41, 5.74) is -1.20. The Hall–Kier alpha value is -2.87. The lowest BCUT2D eigenvalue weighted by Gasteiger charge is -2.15. The zero-order valence-corrected chi connectivity index (χ0v) is 16.9. The molecule has 0 fully saturated rings. The Morgan fingerprint density at radius 2 is 1.83 bits per heavy atom. The molecule has 2 aromatic carbocycles. The van der Waals surface area contributed by atoms with Gasteiger partial charge in [-0.05, 0) is 37.6 Å². The van der Waals surface area contributed by atoms with Gasteiger partial charge in [-0.3, -0.25) is 9.00 Å². The standard InChI is InChI=1S/C21H19F2NO4S/c1-4-24-11-15(21(26)28-5-2)20(25)14-10-16(22)17(18(23)19(14)24)12-6-8-13(9-7-12)29(3)27/h6-11H,4-5H2,1-3H3. The second-order valence-corrected chi connectivity index (χ2v) is 7.68. The van der Waals surface area contributed by atoms with Gasteiger partial charge in [0.25, 0.3) is 0 Å². The maximum atomic E-state index is 15.4. The summed E-state index contributed by atoms with van der Waals surface area (Å²) in [6, 6.07) is 6.96. The van der Waals surface area contributed by atoms with Crippen molar-refractivity contribution in [3.05, 3.63) is 63.9 Å². The molecule has 1 aromatic heterocycles. The third kappa shape index (κ3) is 3.72. The van der Waals surface area contributed by atoms with E-state index in [2.05, 4.69) is 0 Å². The molecule has 1 unspecified atom stereocenters. The maximum absolute atomic E-state index is 15.4. The van der Waals surface area contributed by atoms with Crippen LogP contribution in [0, 0.1) is 11.6 Å². The first-order valence-electron chi connectivity index (χ1n) is 8.96. The average molecular weight is 419 g/mol. The Labute approximate surface area is 168 Å². The number of aryl methyl sites for hydroxylation is 1. The number of carbonyl (C=O) groups excluding carboxylic acids is 1. The van der Waals surface area contributed by atoms with E-state index in [1.165, 1.54) is 41.3 Å². The minimum absolute atomic E-state index is 0.0721. The van der Waals surface area contributed by atoms with Gasteiger partial charge >= 0.3 is 5.97 Å². The van der Waals surface area contributed by atoms with Crippen LogP contribution in [0.15, 0.2) is 46.2 Å². The Kier molecular flexibility index (Phi) is 5.93. The van der Waals surface area contributed by atoms with Crippen LogP contribution in [0.25, 0.3) is 22.0 Å². The monoisotopic (exact) mass is 419 g/mol. The van der Waals surface area contributed by atoms with E-state index in [1.54, 1.807) is 13.8 Å². The summed E-state index contributed by atoms with van der Waals surface area (Å²) in [5.74, 6) is -2.67. The van der Waals surface area contributed by atoms with Gasteiger partial charge in [-0.2, -0.15) is 0 Å². The van der Waals surface area contributed by atoms with Gasteiger partial charge in [0.15, 0.2) is 5.82 Å². The van der Waals surface area contributed by atoms with Crippen molar-refractivity contribution in [2.75, 3.05) is 12.9 Å². The number of fused-ring (bicyclic) bond motifs is 1. The summed E-state index contributed by atoms with van der Waals surface area (Å²) < 4.78 is 48.1. The van der Waals surface area contributed by atoms with E-state index in [1.807, 2.05) is 0 Å². The average Bonchev–Trinajstić information content (AvgIpc) is 2.69. The SMILES string of the molecule is CCOC(=O)c1cn(CC)c2c(F)c(-c3ccc(S(C)=O)cc3)c(F)cc2c1=O. The zero-order valence-electron chi connectivity index (χ0n) is 16.1. The summed E-state index contributed by atoms with van der Waals surface area (Å²) in [4.78, 5) is 25.3. The maximum Gasteiger partial charge on any atom is 0.343 e. The molecule has 29 heavy (non-hydrogen) atoms. The first-order chi connectivity index (χ1) is 13.8. The van der Waals surface area contributed by atoms with Gasteiger partial charge in [-0.25, -0.2) is 13.6 Å². The highest BCUT2D eigenvalue weighted by molar-refractivity contribution is 7.84. The molecule has 0 radical (unpaired) electrons. The van der Waals surface area contributed by atoms with Gasteiger partial charge in [-0.15, -0.1) is 0 Å². The molecule has 3 aromatic rings. The first-order valence-corrected chi connectivity index (χ1v) is 10.5. The van der Waals surface area contributed by atoms with Crippen LogP contribution in [0.1, 0.15) is 24.2 Å².